The molecule has 3 N–H and O–H groups in total. The number of benzene rings is 2. The lowest BCUT2D eigenvalue weighted by molar-refractivity contribution is -0.139. The van der Waals surface area contributed by atoms with Crippen molar-refractivity contribution in [2.45, 2.75) is 71.9 Å². The number of primary amides is 1. The molecule has 1 aliphatic heterocycles. The van der Waals surface area contributed by atoms with Gasteiger partial charge < -0.3 is 16.0 Å². The summed E-state index contributed by atoms with van der Waals surface area (Å²) in [5.74, 6) is -2.25. The number of rotatable bonds is 11. The Morgan fingerprint density at radius 3 is 2.53 bits per heavy atom. The Labute approximate surface area is 230 Å². The summed E-state index contributed by atoms with van der Waals surface area (Å²) in [6.07, 6.45) is 4.02. The van der Waals surface area contributed by atoms with Gasteiger partial charge in [-0.05, 0) is 72.9 Å². The van der Waals surface area contributed by atoms with Crippen LogP contribution in [0.25, 0.3) is 11.1 Å². The molecule has 1 aliphatic rings. The molecule has 0 saturated carbocycles. The summed E-state index contributed by atoms with van der Waals surface area (Å²) in [5.41, 5.74) is 8.27. The van der Waals surface area contributed by atoms with E-state index in [0.29, 0.717) is 32.4 Å². The number of nitrogens with two attached hydrogens (primary N) is 1. The van der Waals surface area contributed by atoms with E-state index in [9.17, 15) is 18.8 Å². The second-order valence-electron chi connectivity index (χ2n) is 10.7. The van der Waals surface area contributed by atoms with E-state index in [-0.39, 0.29) is 22.8 Å². The van der Waals surface area contributed by atoms with Crippen LogP contribution < -0.4 is 11.1 Å². The van der Waals surface area contributed by atoms with Gasteiger partial charge in [0.2, 0.25) is 17.7 Å². The molecule has 6 nitrogen and oxygen atoms in total. The number of nitrogens with one attached hydrogen (secondary N) is 1. The minimum Gasteiger partial charge on any atom is -0.369 e. The van der Waals surface area contributed by atoms with E-state index in [1.54, 1.807) is 17.0 Å². The van der Waals surface area contributed by atoms with Gasteiger partial charge >= 0.3 is 0 Å². The lowest BCUT2D eigenvalue weighted by atomic mass is 9.81. The Morgan fingerprint density at radius 2 is 1.87 bits per heavy atom. The highest BCUT2D eigenvalue weighted by Gasteiger charge is 2.35. The van der Waals surface area contributed by atoms with Crippen LogP contribution >= 0.6 is 11.6 Å². The van der Waals surface area contributed by atoms with Crippen LogP contribution in [-0.4, -0.2) is 35.2 Å². The van der Waals surface area contributed by atoms with E-state index in [4.69, 9.17) is 17.3 Å². The molecule has 0 unspecified atom stereocenters. The largest absolute Gasteiger partial charge is 0.369 e. The van der Waals surface area contributed by atoms with Gasteiger partial charge in [-0.2, -0.15) is 0 Å². The van der Waals surface area contributed by atoms with Crippen LogP contribution in [0.2, 0.25) is 5.02 Å². The Bertz CT molecular complexity index is 1140. The molecule has 2 aromatic carbocycles. The molecule has 206 valence electrons. The number of hydrogen-bond acceptors (Lipinski definition) is 3. The summed E-state index contributed by atoms with van der Waals surface area (Å²) in [6, 6.07) is 11.7. The van der Waals surface area contributed by atoms with Crippen molar-refractivity contribution in [1.82, 2.24) is 10.2 Å². The molecule has 0 radical (unpaired) electrons. The fourth-order valence-corrected chi connectivity index (χ4v) is 5.42. The lowest BCUT2D eigenvalue weighted by Gasteiger charge is -2.29. The molecule has 0 spiro atoms. The predicted octanol–water partition coefficient (Wildman–Crippen LogP) is 5.71. The zero-order valence-electron chi connectivity index (χ0n) is 22.5. The van der Waals surface area contributed by atoms with Crippen molar-refractivity contribution in [3.8, 4) is 11.1 Å². The molecule has 8 heteroatoms. The molecule has 1 heterocycles. The normalized spacial score (nSPS) is 17.7. The van der Waals surface area contributed by atoms with Gasteiger partial charge in [0, 0.05) is 24.9 Å². The first-order valence-corrected chi connectivity index (χ1v) is 13.9. The third-order valence-corrected chi connectivity index (χ3v) is 7.45. The molecule has 2 aromatic rings. The van der Waals surface area contributed by atoms with Crippen LogP contribution in [0.5, 0.6) is 0 Å². The first-order chi connectivity index (χ1) is 18.1. The van der Waals surface area contributed by atoms with Gasteiger partial charge in [-0.1, -0.05) is 63.1 Å². The molecule has 0 aromatic heterocycles. The van der Waals surface area contributed by atoms with Gasteiger partial charge in [-0.15, -0.1) is 0 Å². The molecule has 1 saturated heterocycles. The minimum absolute atomic E-state index is 0.0578. The van der Waals surface area contributed by atoms with E-state index in [2.05, 4.69) is 5.32 Å². The summed E-state index contributed by atoms with van der Waals surface area (Å²) in [7, 11) is 0. The van der Waals surface area contributed by atoms with Crippen LogP contribution in [0, 0.1) is 23.6 Å². The van der Waals surface area contributed by atoms with E-state index < -0.39 is 29.6 Å². The van der Waals surface area contributed by atoms with Gasteiger partial charge in [0.15, 0.2) is 0 Å². The highest BCUT2D eigenvalue weighted by molar-refractivity contribution is 6.31. The number of halogens is 2. The van der Waals surface area contributed by atoms with Crippen molar-refractivity contribution in [2.75, 3.05) is 6.54 Å². The fourth-order valence-electron chi connectivity index (χ4n) is 5.23. The number of nitrogens with zero attached hydrogens (tertiary/aromatic N) is 1. The first kappa shape index (κ1) is 29.6. The van der Waals surface area contributed by atoms with Crippen LogP contribution in [0.1, 0.15) is 64.9 Å². The standard InChI is InChI=1S/C30H39ClFN3O3/c1-4-8-23(28(33)36)24(15-19(2)3)29(37)34-27-11-5-6-14-35(30(27)38)18-20-9-7-10-21(16-20)22-12-13-26(32)25(31)17-22/h7,9-10,12-13,16-17,19,23-24,27H,4-6,8,11,14-15,18H2,1-3H3,(H2,33,36)(H,34,37)/t23-,24-,27-/m0/s1. The minimum atomic E-state index is -0.645. The van der Waals surface area contributed by atoms with Crippen molar-refractivity contribution in [3.63, 3.8) is 0 Å². The SMILES string of the molecule is CCC[C@H](C(N)=O)[C@H](CC(C)C)C(=O)N[C@H]1CCCCN(Cc2cccc(-c3ccc(F)c(Cl)c3)c2)C1=O. The van der Waals surface area contributed by atoms with Gasteiger partial charge in [0.05, 0.1) is 5.02 Å². The van der Waals surface area contributed by atoms with Crippen LogP contribution in [-0.2, 0) is 20.9 Å². The zero-order chi connectivity index (χ0) is 27.8. The molecule has 3 rings (SSSR count). The van der Waals surface area contributed by atoms with Crippen LogP contribution in [0.15, 0.2) is 42.5 Å². The second-order valence-corrected chi connectivity index (χ2v) is 11.1. The van der Waals surface area contributed by atoms with E-state index >= 15 is 0 Å². The predicted molar refractivity (Wildman–Crippen MR) is 149 cm³/mol. The highest BCUT2D eigenvalue weighted by Crippen LogP contribution is 2.28. The molecule has 1 fully saturated rings. The van der Waals surface area contributed by atoms with E-state index in [1.807, 2.05) is 45.0 Å². The summed E-state index contributed by atoms with van der Waals surface area (Å²) in [5, 5.41) is 3.04. The third kappa shape index (κ3) is 7.79. The topological polar surface area (TPSA) is 92.5 Å². The average Bonchev–Trinajstić information content (AvgIpc) is 3.04. The Hall–Kier alpha value is -2.93. The molecule has 3 atom stereocenters. The van der Waals surface area contributed by atoms with Gasteiger partial charge in [-0.25, -0.2) is 4.39 Å². The molecular formula is C30H39ClFN3O3. The van der Waals surface area contributed by atoms with Crippen molar-refractivity contribution < 1.29 is 18.8 Å². The summed E-state index contributed by atoms with van der Waals surface area (Å²) in [4.78, 5) is 40.9. The van der Waals surface area contributed by atoms with Crippen molar-refractivity contribution in [1.29, 1.82) is 0 Å². The summed E-state index contributed by atoms with van der Waals surface area (Å²) < 4.78 is 13.6. The van der Waals surface area contributed by atoms with Crippen LogP contribution in [0.3, 0.4) is 0 Å². The monoisotopic (exact) mass is 543 g/mol. The fraction of sp³-hybridized carbons (Fsp3) is 0.500. The number of hydrogen-bond donors (Lipinski definition) is 2. The lowest BCUT2D eigenvalue weighted by Crippen LogP contribution is -2.50. The maximum Gasteiger partial charge on any atom is 0.245 e. The van der Waals surface area contributed by atoms with E-state index in [1.165, 1.54) is 6.07 Å². The summed E-state index contributed by atoms with van der Waals surface area (Å²) in [6.45, 7) is 6.97. The van der Waals surface area contributed by atoms with Crippen molar-refractivity contribution in [3.05, 3.63) is 58.9 Å². The third-order valence-electron chi connectivity index (χ3n) is 7.16. The van der Waals surface area contributed by atoms with Crippen molar-refractivity contribution >= 4 is 29.3 Å². The Kier molecular flexibility index (Phi) is 10.7. The number of carbonyl (C=O) groups is 3. The van der Waals surface area contributed by atoms with Crippen molar-refractivity contribution in [2.24, 2.45) is 23.5 Å². The molecule has 38 heavy (non-hydrogen) atoms. The van der Waals surface area contributed by atoms with Gasteiger partial charge in [0.25, 0.3) is 0 Å². The smallest absolute Gasteiger partial charge is 0.245 e. The first-order valence-electron chi connectivity index (χ1n) is 13.5. The quantitative estimate of drug-likeness (QED) is 0.380. The molecule has 0 bridgehead atoms. The molecule has 3 amide bonds. The maximum atomic E-state index is 13.6. The average molecular weight is 544 g/mol. The number of carbonyl (C=O) groups excluding carboxylic acids is 3. The second kappa shape index (κ2) is 13.7. The van der Waals surface area contributed by atoms with Gasteiger partial charge in [0.1, 0.15) is 11.9 Å². The highest BCUT2D eigenvalue weighted by atomic mass is 35.5. The molecular weight excluding hydrogens is 505 g/mol. The number of amides is 3. The van der Waals surface area contributed by atoms with E-state index in [0.717, 1.165) is 36.0 Å². The Morgan fingerprint density at radius 1 is 1.13 bits per heavy atom. The maximum absolute atomic E-state index is 13.6. The number of likely N-dealkylation sites (tertiary alicyclic amines) is 1. The Balaban J connectivity index is 1.76. The molecule has 0 aliphatic carbocycles. The zero-order valence-corrected chi connectivity index (χ0v) is 23.3. The van der Waals surface area contributed by atoms with Gasteiger partial charge in [-0.3, -0.25) is 14.4 Å². The summed E-state index contributed by atoms with van der Waals surface area (Å²) >= 11 is 5.97. The van der Waals surface area contributed by atoms with Crippen LogP contribution in [0.4, 0.5) is 4.39 Å².